The Bertz CT molecular complexity index is 1320. The van der Waals surface area contributed by atoms with E-state index in [9.17, 15) is 0 Å². The Kier molecular flexibility index (Phi) is 7.37. The van der Waals surface area contributed by atoms with Crippen molar-refractivity contribution in [3.63, 3.8) is 0 Å². The van der Waals surface area contributed by atoms with Gasteiger partial charge in [-0.05, 0) is 71.3 Å². The number of hydrogen-bond donors (Lipinski definition) is 1. The fraction of sp³-hybridized carbons (Fsp3) is 0.314. The minimum atomic E-state index is 0.109. The van der Waals surface area contributed by atoms with Crippen LogP contribution in [0.4, 0.5) is 5.69 Å². The number of nitrogens with one attached hydrogen (secondary N) is 1. The molecule has 3 aliphatic rings. The first kappa shape index (κ1) is 25.1. The molecular formula is C35H40N2. The lowest BCUT2D eigenvalue weighted by molar-refractivity contribution is 0.512. The van der Waals surface area contributed by atoms with Gasteiger partial charge in [0, 0.05) is 30.0 Å². The van der Waals surface area contributed by atoms with Gasteiger partial charge >= 0.3 is 0 Å². The molecule has 0 saturated carbocycles. The molecule has 190 valence electrons. The standard InChI is InChI=1S/C35H40N2/c1-5-12-26-19-20-32(36-25-26)31-17-9-10-18-33(31)37-22-21-30(35(2,3)4)24-34(37)29-16-11-15-28(23-29)27-13-7-6-8-14-27/h6-10,13-15,17-21,23-24,36H,5,11-12,16,22,25H2,1-4H3. The lowest BCUT2D eigenvalue weighted by Gasteiger charge is -2.36. The van der Waals surface area contributed by atoms with E-state index in [1.54, 1.807) is 0 Å². The minimum Gasteiger partial charge on any atom is -0.381 e. The molecule has 0 fully saturated rings. The molecule has 1 aliphatic carbocycles. The van der Waals surface area contributed by atoms with Gasteiger partial charge in [0.15, 0.2) is 0 Å². The van der Waals surface area contributed by atoms with Crippen molar-refractivity contribution in [1.29, 1.82) is 0 Å². The highest BCUT2D eigenvalue weighted by Gasteiger charge is 2.27. The monoisotopic (exact) mass is 488 g/mol. The van der Waals surface area contributed by atoms with Crippen molar-refractivity contribution in [2.45, 2.75) is 53.4 Å². The van der Waals surface area contributed by atoms with Gasteiger partial charge in [-0.3, -0.25) is 0 Å². The minimum absolute atomic E-state index is 0.109. The van der Waals surface area contributed by atoms with E-state index in [1.165, 1.54) is 56.9 Å². The van der Waals surface area contributed by atoms with E-state index in [0.29, 0.717) is 0 Å². The average Bonchev–Trinajstić information content (AvgIpc) is 2.93. The van der Waals surface area contributed by atoms with Crippen LogP contribution in [0.15, 0.2) is 113 Å². The second kappa shape index (κ2) is 10.8. The molecule has 0 radical (unpaired) electrons. The first-order valence-corrected chi connectivity index (χ1v) is 13.8. The summed E-state index contributed by atoms with van der Waals surface area (Å²) < 4.78 is 0. The summed E-state index contributed by atoms with van der Waals surface area (Å²) in [5.74, 6) is 0. The molecule has 2 aliphatic heterocycles. The molecule has 2 heterocycles. The lowest BCUT2D eigenvalue weighted by atomic mass is 9.82. The Labute approximate surface area is 223 Å². The molecule has 0 saturated heterocycles. The van der Waals surface area contributed by atoms with E-state index in [2.05, 4.69) is 129 Å². The Hall–Kier alpha value is -3.52. The van der Waals surface area contributed by atoms with E-state index >= 15 is 0 Å². The molecular weight excluding hydrogens is 448 g/mol. The van der Waals surface area contributed by atoms with Crippen LogP contribution in [-0.4, -0.2) is 13.1 Å². The van der Waals surface area contributed by atoms with E-state index < -0.39 is 0 Å². The zero-order chi connectivity index (χ0) is 25.8. The summed E-state index contributed by atoms with van der Waals surface area (Å²) in [6, 6.07) is 19.7. The maximum atomic E-state index is 3.71. The molecule has 5 rings (SSSR count). The van der Waals surface area contributed by atoms with Crippen LogP contribution < -0.4 is 10.2 Å². The number of rotatable bonds is 6. The zero-order valence-corrected chi connectivity index (χ0v) is 22.9. The molecule has 37 heavy (non-hydrogen) atoms. The topological polar surface area (TPSA) is 15.3 Å². The predicted octanol–water partition coefficient (Wildman–Crippen LogP) is 8.84. The third kappa shape index (κ3) is 5.59. The quantitative estimate of drug-likeness (QED) is 0.437. The van der Waals surface area contributed by atoms with Crippen LogP contribution in [0.3, 0.4) is 0 Å². The Balaban J connectivity index is 1.56. The van der Waals surface area contributed by atoms with Crippen molar-refractivity contribution >= 4 is 17.0 Å². The summed E-state index contributed by atoms with van der Waals surface area (Å²) in [5, 5.41) is 3.71. The van der Waals surface area contributed by atoms with Crippen molar-refractivity contribution in [2.24, 2.45) is 5.41 Å². The van der Waals surface area contributed by atoms with Crippen LogP contribution in [0.25, 0.3) is 11.3 Å². The SMILES string of the molecule is CCCC1=CC=C(c2ccccc2N2CC=C(C(C)(C)C)C=C2C2=CC(c3ccccc3)=CCC2)NC1. The van der Waals surface area contributed by atoms with E-state index in [1.807, 2.05) is 0 Å². The number of hydrogen-bond acceptors (Lipinski definition) is 2. The summed E-state index contributed by atoms with van der Waals surface area (Å²) >= 11 is 0. The molecule has 0 amide bonds. The zero-order valence-electron chi connectivity index (χ0n) is 22.9. The van der Waals surface area contributed by atoms with Crippen molar-refractivity contribution in [3.05, 3.63) is 125 Å². The van der Waals surface area contributed by atoms with Gasteiger partial charge in [-0.1, -0.05) is 106 Å². The lowest BCUT2D eigenvalue weighted by Crippen LogP contribution is -2.30. The molecule has 0 spiro atoms. The summed E-state index contributed by atoms with van der Waals surface area (Å²) in [5.41, 5.74) is 12.1. The first-order chi connectivity index (χ1) is 17.9. The predicted molar refractivity (Wildman–Crippen MR) is 160 cm³/mol. The highest BCUT2D eigenvalue weighted by molar-refractivity contribution is 5.82. The van der Waals surface area contributed by atoms with Crippen molar-refractivity contribution < 1.29 is 0 Å². The van der Waals surface area contributed by atoms with Crippen LogP contribution in [0.2, 0.25) is 0 Å². The summed E-state index contributed by atoms with van der Waals surface area (Å²) in [4.78, 5) is 2.53. The highest BCUT2D eigenvalue weighted by atomic mass is 15.1. The smallest absolute Gasteiger partial charge is 0.0508 e. The number of para-hydroxylation sites is 1. The van der Waals surface area contributed by atoms with Gasteiger partial charge < -0.3 is 10.2 Å². The fourth-order valence-corrected chi connectivity index (χ4v) is 5.47. The average molecular weight is 489 g/mol. The molecule has 1 N–H and O–H groups in total. The number of dihydropyridines is 1. The largest absolute Gasteiger partial charge is 0.381 e. The number of benzene rings is 2. The number of nitrogens with zero attached hydrogens (tertiary/aromatic N) is 1. The maximum absolute atomic E-state index is 3.71. The van der Waals surface area contributed by atoms with Crippen LogP contribution >= 0.6 is 0 Å². The summed E-state index contributed by atoms with van der Waals surface area (Å²) in [6.07, 6.45) is 18.7. The Morgan fingerprint density at radius 2 is 1.68 bits per heavy atom. The summed E-state index contributed by atoms with van der Waals surface area (Å²) in [6.45, 7) is 11.0. The van der Waals surface area contributed by atoms with Crippen molar-refractivity contribution in [1.82, 2.24) is 5.32 Å². The fourth-order valence-electron chi connectivity index (χ4n) is 5.47. The first-order valence-electron chi connectivity index (χ1n) is 13.8. The third-order valence-electron chi connectivity index (χ3n) is 7.53. The van der Waals surface area contributed by atoms with Crippen LogP contribution in [-0.2, 0) is 0 Å². The molecule has 0 unspecified atom stereocenters. The molecule has 0 bridgehead atoms. The van der Waals surface area contributed by atoms with Crippen molar-refractivity contribution in [2.75, 3.05) is 18.0 Å². The van der Waals surface area contributed by atoms with E-state index in [-0.39, 0.29) is 5.41 Å². The van der Waals surface area contributed by atoms with Crippen LogP contribution in [0.1, 0.15) is 64.5 Å². The van der Waals surface area contributed by atoms with Crippen molar-refractivity contribution in [3.8, 4) is 0 Å². The van der Waals surface area contributed by atoms with Gasteiger partial charge in [-0.2, -0.15) is 0 Å². The van der Waals surface area contributed by atoms with Gasteiger partial charge in [-0.15, -0.1) is 0 Å². The molecule has 2 aromatic rings. The normalized spacial score (nSPS) is 18.1. The van der Waals surface area contributed by atoms with E-state index in [4.69, 9.17) is 0 Å². The second-order valence-electron chi connectivity index (χ2n) is 11.3. The molecule has 2 heteroatoms. The van der Waals surface area contributed by atoms with Gasteiger partial charge in [0.2, 0.25) is 0 Å². The van der Waals surface area contributed by atoms with Gasteiger partial charge in [-0.25, -0.2) is 0 Å². The molecule has 0 aromatic heterocycles. The molecule has 0 atom stereocenters. The second-order valence-corrected chi connectivity index (χ2v) is 11.3. The summed E-state index contributed by atoms with van der Waals surface area (Å²) in [7, 11) is 0. The third-order valence-corrected chi connectivity index (χ3v) is 7.53. The van der Waals surface area contributed by atoms with Gasteiger partial charge in [0.1, 0.15) is 0 Å². The maximum Gasteiger partial charge on any atom is 0.0508 e. The molecule has 2 aromatic carbocycles. The Morgan fingerprint density at radius 1 is 0.892 bits per heavy atom. The number of anilines is 1. The van der Waals surface area contributed by atoms with Gasteiger partial charge in [0.25, 0.3) is 0 Å². The van der Waals surface area contributed by atoms with Crippen LogP contribution in [0, 0.1) is 5.41 Å². The van der Waals surface area contributed by atoms with Gasteiger partial charge in [0.05, 0.1) is 5.69 Å². The van der Waals surface area contributed by atoms with Crippen LogP contribution in [0.5, 0.6) is 0 Å². The highest BCUT2D eigenvalue weighted by Crippen LogP contribution is 2.40. The van der Waals surface area contributed by atoms with E-state index in [0.717, 1.165) is 32.4 Å². The Morgan fingerprint density at radius 3 is 2.41 bits per heavy atom. The number of allylic oxidation sites excluding steroid dienone is 8. The molecule has 2 nitrogen and oxygen atoms in total.